The van der Waals surface area contributed by atoms with Crippen LogP contribution in [0.3, 0.4) is 0 Å². The number of phenols is 1. The summed E-state index contributed by atoms with van der Waals surface area (Å²) in [5.41, 5.74) is 19.9. The van der Waals surface area contributed by atoms with Gasteiger partial charge in [0, 0.05) is 22.9 Å². The maximum atomic E-state index is 12.2. The van der Waals surface area contributed by atoms with Crippen molar-refractivity contribution in [2.45, 2.75) is 98.7 Å². The monoisotopic (exact) mass is 935 g/mol. The number of para-hydroxylation sites is 1. The number of furan rings is 2. The van der Waals surface area contributed by atoms with Crippen LogP contribution in [0.15, 0.2) is 148 Å². The van der Waals surface area contributed by atoms with Crippen LogP contribution in [0, 0.1) is 0 Å². The van der Waals surface area contributed by atoms with E-state index in [9.17, 15) is 5.11 Å². The van der Waals surface area contributed by atoms with Gasteiger partial charge < -0.3 is 13.9 Å². The lowest BCUT2D eigenvalue weighted by molar-refractivity contribution is 0.477. The summed E-state index contributed by atoms with van der Waals surface area (Å²) in [5.74, 6) is 1.92. The van der Waals surface area contributed by atoms with E-state index in [4.69, 9.17) is 18.8 Å². The first-order valence-electron chi connectivity index (χ1n) is 25.0. The second kappa shape index (κ2) is 17.0. The van der Waals surface area contributed by atoms with Crippen molar-refractivity contribution < 1.29 is 13.9 Å². The zero-order chi connectivity index (χ0) is 48.9. The first-order valence-corrected chi connectivity index (χ1v) is 28.5. The van der Waals surface area contributed by atoms with E-state index in [0.717, 1.165) is 77.8 Å². The maximum Gasteiger partial charge on any atom is 0.149 e. The van der Waals surface area contributed by atoms with Gasteiger partial charge in [0.1, 0.15) is 33.9 Å². The lowest BCUT2D eigenvalue weighted by atomic mass is 9.85. The van der Waals surface area contributed by atoms with Gasteiger partial charge >= 0.3 is 0 Å². The molecular weight excluding hydrogens is 875 g/mol. The molecule has 0 aliphatic carbocycles. The summed E-state index contributed by atoms with van der Waals surface area (Å²) in [6.07, 6.45) is 1.94. The molecule has 0 amide bonds. The highest BCUT2D eigenvalue weighted by Gasteiger charge is 2.30. The van der Waals surface area contributed by atoms with Gasteiger partial charge in [0.2, 0.25) is 0 Å². The van der Waals surface area contributed by atoms with Crippen molar-refractivity contribution in [2.75, 3.05) is 0 Å². The highest BCUT2D eigenvalue weighted by atomic mass is 28.3. The predicted octanol–water partition coefficient (Wildman–Crippen LogP) is 17.6. The van der Waals surface area contributed by atoms with Gasteiger partial charge in [-0.3, -0.25) is 9.55 Å². The molecule has 11 rings (SSSR count). The number of aromatic hydroxyl groups is 1. The van der Waals surface area contributed by atoms with E-state index in [1.807, 2.05) is 30.5 Å². The van der Waals surface area contributed by atoms with Gasteiger partial charge in [-0.05, 0) is 129 Å². The van der Waals surface area contributed by atoms with Crippen molar-refractivity contribution in [1.29, 1.82) is 0 Å². The molecule has 11 aromatic rings. The summed E-state index contributed by atoms with van der Waals surface area (Å²) >= 11 is 0. The van der Waals surface area contributed by atoms with Crippen LogP contribution in [0.1, 0.15) is 101 Å². The van der Waals surface area contributed by atoms with Crippen LogP contribution in [0.25, 0.3) is 106 Å². The number of nitrogens with zero attached hydrogens (tertiary/aromatic N) is 3. The second-order valence-electron chi connectivity index (χ2n) is 21.5. The Kier molecular flexibility index (Phi) is 11.0. The van der Waals surface area contributed by atoms with Crippen molar-refractivity contribution in [3.63, 3.8) is 0 Å². The van der Waals surface area contributed by atoms with Gasteiger partial charge in [-0.15, -0.1) is 0 Å². The molecule has 1 N–H and O–H groups in total. The highest BCUT2D eigenvalue weighted by Crippen LogP contribution is 2.50. The number of fused-ring (bicyclic) bond motifs is 1. The predicted molar refractivity (Wildman–Crippen MR) is 295 cm³/mol. The van der Waals surface area contributed by atoms with Crippen molar-refractivity contribution >= 4 is 57.4 Å². The molecule has 0 saturated carbocycles. The van der Waals surface area contributed by atoms with Gasteiger partial charge in [-0.1, -0.05) is 153 Å². The number of imidazole rings is 1. The molecule has 350 valence electrons. The standard InChI is InChI=1S/C63H61N3O3Si/c1-35(2)43-20-15-21-44(36(3)4)56(43)40-28-29-64-51(32-40)50-34-49(61-58-57-54(68-61)24-17-25-55(57)69-62(50)58)45-22-16-23-52-59(45)65-63(46-27-26-42(33-53(46)67)70(9,10)11)66(52)60-47(37(5)6)30-41(31-48(60)38(7)8)39-18-13-12-14-19-39/h12-38,67H,1-11H3. The lowest BCUT2D eigenvalue weighted by Crippen LogP contribution is -2.37. The molecule has 70 heavy (non-hydrogen) atoms. The van der Waals surface area contributed by atoms with Gasteiger partial charge in [0.25, 0.3) is 0 Å². The summed E-state index contributed by atoms with van der Waals surface area (Å²) in [5, 5.41) is 15.3. The Labute approximate surface area is 412 Å². The average molecular weight is 936 g/mol. The van der Waals surface area contributed by atoms with E-state index in [1.165, 1.54) is 44.1 Å². The van der Waals surface area contributed by atoms with E-state index < -0.39 is 8.07 Å². The highest BCUT2D eigenvalue weighted by molar-refractivity contribution is 6.88. The summed E-state index contributed by atoms with van der Waals surface area (Å²) in [4.78, 5) is 10.8. The minimum absolute atomic E-state index is 0.168. The maximum absolute atomic E-state index is 12.2. The van der Waals surface area contributed by atoms with Crippen molar-refractivity contribution in [3.8, 4) is 67.5 Å². The molecule has 0 radical (unpaired) electrons. The number of benzene rings is 7. The normalized spacial score (nSPS) is 12.5. The van der Waals surface area contributed by atoms with Crippen molar-refractivity contribution in [3.05, 3.63) is 162 Å². The number of pyridine rings is 1. The topological polar surface area (TPSA) is 77.2 Å². The van der Waals surface area contributed by atoms with Gasteiger partial charge in [-0.25, -0.2) is 4.98 Å². The summed E-state index contributed by atoms with van der Waals surface area (Å²) in [6.45, 7) is 25.1. The Morgan fingerprint density at radius 2 is 1.13 bits per heavy atom. The first kappa shape index (κ1) is 45.2. The molecule has 0 atom stereocenters. The van der Waals surface area contributed by atoms with Crippen LogP contribution in [0.4, 0.5) is 0 Å². The number of hydrogen-bond donors (Lipinski definition) is 1. The third-order valence-electron chi connectivity index (χ3n) is 14.4. The smallest absolute Gasteiger partial charge is 0.149 e. The minimum atomic E-state index is -1.76. The molecule has 0 spiro atoms. The Balaban J connectivity index is 1.22. The molecular formula is C63H61N3O3Si. The van der Waals surface area contributed by atoms with Gasteiger partial charge in [-0.2, -0.15) is 0 Å². The average Bonchev–Trinajstić information content (AvgIpc) is 4.06. The van der Waals surface area contributed by atoms with Gasteiger partial charge in [0.15, 0.2) is 0 Å². The molecule has 7 heteroatoms. The van der Waals surface area contributed by atoms with E-state index in [1.54, 1.807) is 0 Å². The molecule has 0 aliphatic heterocycles. The summed E-state index contributed by atoms with van der Waals surface area (Å²) < 4.78 is 16.1. The van der Waals surface area contributed by atoms with Crippen LogP contribution < -0.4 is 5.19 Å². The molecule has 0 unspecified atom stereocenters. The van der Waals surface area contributed by atoms with Crippen molar-refractivity contribution in [2.24, 2.45) is 0 Å². The van der Waals surface area contributed by atoms with Crippen LogP contribution in [-0.2, 0) is 0 Å². The molecule has 4 aromatic heterocycles. The van der Waals surface area contributed by atoms with Crippen LogP contribution >= 0.6 is 0 Å². The van der Waals surface area contributed by atoms with Crippen molar-refractivity contribution in [1.82, 2.24) is 14.5 Å². The number of aromatic nitrogens is 3. The van der Waals surface area contributed by atoms with E-state index in [-0.39, 0.29) is 17.6 Å². The van der Waals surface area contributed by atoms with E-state index >= 15 is 0 Å². The molecule has 7 aromatic carbocycles. The lowest BCUT2D eigenvalue weighted by Gasteiger charge is -2.25. The number of phenolic OH excluding ortho intramolecular Hbond substituents is 1. The fourth-order valence-electron chi connectivity index (χ4n) is 10.8. The van der Waals surface area contributed by atoms with Crippen LogP contribution in [0.5, 0.6) is 5.75 Å². The quantitative estimate of drug-likeness (QED) is 0.131. The first-order chi connectivity index (χ1) is 33.6. The Morgan fingerprint density at radius 1 is 0.514 bits per heavy atom. The zero-order valence-corrected chi connectivity index (χ0v) is 43.2. The molecule has 4 heterocycles. The Bertz CT molecular complexity index is 3730. The largest absolute Gasteiger partial charge is 0.507 e. The Hall–Kier alpha value is -7.22. The molecule has 0 bridgehead atoms. The fourth-order valence-corrected chi connectivity index (χ4v) is 11.9. The molecule has 0 aliphatic rings. The second-order valence-corrected chi connectivity index (χ2v) is 26.6. The summed E-state index contributed by atoms with van der Waals surface area (Å²) in [7, 11) is -1.76. The number of hydrogen-bond acceptors (Lipinski definition) is 5. The Morgan fingerprint density at radius 3 is 1.74 bits per heavy atom. The fraction of sp³-hybridized carbons (Fsp3) is 0.238. The van der Waals surface area contributed by atoms with E-state index in [0.29, 0.717) is 23.2 Å². The van der Waals surface area contributed by atoms with Crippen LogP contribution in [0.2, 0.25) is 19.6 Å². The zero-order valence-electron chi connectivity index (χ0n) is 42.2. The summed E-state index contributed by atoms with van der Waals surface area (Å²) in [6, 6.07) is 47.4. The third kappa shape index (κ3) is 7.36. The molecule has 0 saturated heterocycles. The number of rotatable bonds is 11. The molecule has 0 fully saturated rings. The van der Waals surface area contributed by atoms with Crippen LogP contribution in [-0.4, -0.2) is 27.7 Å². The third-order valence-corrected chi connectivity index (χ3v) is 16.5. The SMILES string of the molecule is CC(C)c1cccc(C(C)C)c1-c1ccnc(-c2cc(-c3cccc4c3nc(-c3ccc([Si](C)(C)C)cc3O)n4-c3c(C(C)C)cc(-c4ccccc4)cc3C(C)C)c3oc4cccc5oc2c3c54)c1. The molecule has 6 nitrogen and oxygen atoms in total. The van der Waals surface area contributed by atoms with E-state index in [2.05, 4.69) is 189 Å². The minimum Gasteiger partial charge on any atom is -0.507 e. The van der Waals surface area contributed by atoms with Gasteiger partial charge in [0.05, 0.1) is 46.8 Å².